The minimum absolute atomic E-state index is 0. The van der Waals surface area contributed by atoms with Crippen LogP contribution in [0.3, 0.4) is 0 Å². The number of nitrogens with zero attached hydrogens (tertiary/aromatic N) is 3. The van der Waals surface area contributed by atoms with Crippen LogP contribution in [-0.4, -0.2) is 61.9 Å². The summed E-state index contributed by atoms with van der Waals surface area (Å²) in [6.07, 6.45) is 2.03. The quantitative estimate of drug-likeness (QED) is 0.372. The maximum Gasteiger partial charge on any atom is 0.243 e. The number of likely N-dealkylation sites (tertiary alicyclic amines) is 1. The van der Waals surface area contributed by atoms with E-state index in [1.165, 1.54) is 11.1 Å². The van der Waals surface area contributed by atoms with Crippen molar-refractivity contribution in [3.05, 3.63) is 71.8 Å². The third-order valence-electron chi connectivity index (χ3n) is 5.16. The molecule has 6 heteroatoms. The van der Waals surface area contributed by atoms with Gasteiger partial charge in [0, 0.05) is 39.6 Å². The van der Waals surface area contributed by atoms with Gasteiger partial charge in [0.05, 0.1) is 0 Å². The largest absolute Gasteiger partial charge is 0.356 e. The number of nitrogens with one attached hydrogen (secondary N) is 1. The molecule has 0 spiro atoms. The van der Waals surface area contributed by atoms with Gasteiger partial charge in [-0.2, -0.15) is 0 Å². The van der Waals surface area contributed by atoms with Crippen LogP contribution in [0.2, 0.25) is 0 Å². The molecule has 2 aromatic rings. The minimum atomic E-state index is 0. The summed E-state index contributed by atoms with van der Waals surface area (Å²) < 4.78 is 0. The number of benzene rings is 2. The molecule has 1 atom stereocenters. The van der Waals surface area contributed by atoms with E-state index in [9.17, 15) is 4.79 Å². The monoisotopic (exact) mass is 506 g/mol. The molecule has 156 valence electrons. The number of carbonyl (C=O) groups excluding carboxylic acids is 1. The lowest BCUT2D eigenvalue weighted by atomic mass is 9.99. The van der Waals surface area contributed by atoms with Crippen molar-refractivity contribution in [2.75, 3.05) is 40.3 Å². The van der Waals surface area contributed by atoms with E-state index < -0.39 is 0 Å². The fourth-order valence-corrected chi connectivity index (χ4v) is 3.46. The lowest BCUT2D eigenvalue weighted by Crippen LogP contribution is -2.41. The second-order valence-corrected chi connectivity index (χ2v) is 7.43. The van der Waals surface area contributed by atoms with Gasteiger partial charge in [-0.25, -0.2) is 4.99 Å². The summed E-state index contributed by atoms with van der Waals surface area (Å²) in [5, 5.41) is 3.48. The lowest BCUT2D eigenvalue weighted by Gasteiger charge is -2.22. The summed E-state index contributed by atoms with van der Waals surface area (Å²) in [6.45, 7) is 2.85. The van der Waals surface area contributed by atoms with Crippen molar-refractivity contribution in [1.29, 1.82) is 0 Å². The average Bonchev–Trinajstić information content (AvgIpc) is 3.21. The molecule has 1 amide bonds. The van der Waals surface area contributed by atoms with Crippen molar-refractivity contribution in [1.82, 2.24) is 15.1 Å². The van der Waals surface area contributed by atoms with Crippen LogP contribution in [0.4, 0.5) is 0 Å². The van der Waals surface area contributed by atoms with Crippen molar-refractivity contribution in [2.45, 2.75) is 18.8 Å². The van der Waals surface area contributed by atoms with Gasteiger partial charge in [-0.1, -0.05) is 60.7 Å². The number of aliphatic imine (C=N–C) groups is 1. The molecule has 0 radical (unpaired) electrons. The lowest BCUT2D eigenvalue weighted by molar-refractivity contribution is -0.127. The van der Waals surface area contributed by atoms with Crippen LogP contribution in [0.5, 0.6) is 0 Å². The maximum atomic E-state index is 12.0. The highest BCUT2D eigenvalue weighted by atomic mass is 127. The van der Waals surface area contributed by atoms with Gasteiger partial charge in [0.1, 0.15) is 6.54 Å². The van der Waals surface area contributed by atoms with Crippen molar-refractivity contribution in [3.63, 3.8) is 0 Å². The Kier molecular flexibility index (Phi) is 9.44. The molecule has 0 bridgehead atoms. The van der Waals surface area contributed by atoms with Crippen LogP contribution < -0.4 is 5.32 Å². The SMILES string of the molecule is CN(C)C(=O)CN=C(NCCc1ccccc1)N1CCC(c2ccccc2)C1.I. The Hall–Kier alpha value is -2.09. The van der Waals surface area contributed by atoms with E-state index in [4.69, 9.17) is 0 Å². The Morgan fingerprint density at radius 2 is 1.76 bits per heavy atom. The molecule has 3 rings (SSSR count). The molecule has 0 saturated carbocycles. The Morgan fingerprint density at radius 1 is 1.10 bits per heavy atom. The third-order valence-corrected chi connectivity index (χ3v) is 5.16. The van der Waals surface area contributed by atoms with Gasteiger partial charge >= 0.3 is 0 Å². The zero-order chi connectivity index (χ0) is 19.8. The summed E-state index contributed by atoms with van der Waals surface area (Å²) in [4.78, 5) is 20.5. The van der Waals surface area contributed by atoms with E-state index in [0.29, 0.717) is 5.92 Å². The first-order chi connectivity index (χ1) is 13.6. The van der Waals surface area contributed by atoms with Crippen molar-refractivity contribution in [3.8, 4) is 0 Å². The summed E-state index contributed by atoms with van der Waals surface area (Å²) in [5.74, 6) is 1.36. The van der Waals surface area contributed by atoms with Crippen LogP contribution in [0.15, 0.2) is 65.7 Å². The van der Waals surface area contributed by atoms with Crippen molar-refractivity contribution in [2.24, 2.45) is 4.99 Å². The van der Waals surface area contributed by atoms with E-state index in [-0.39, 0.29) is 36.4 Å². The van der Waals surface area contributed by atoms with Crippen LogP contribution in [0.1, 0.15) is 23.5 Å². The van der Waals surface area contributed by atoms with Gasteiger partial charge in [-0.3, -0.25) is 4.79 Å². The maximum absolute atomic E-state index is 12.0. The van der Waals surface area contributed by atoms with Gasteiger partial charge in [0.15, 0.2) is 5.96 Å². The van der Waals surface area contributed by atoms with E-state index >= 15 is 0 Å². The van der Waals surface area contributed by atoms with Gasteiger partial charge in [-0.05, 0) is 24.0 Å². The zero-order valence-corrected chi connectivity index (χ0v) is 19.6. The molecular formula is C23H31IN4O. The summed E-state index contributed by atoms with van der Waals surface area (Å²) in [7, 11) is 3.53. The average molecular weight is 506 g/mol. The number of likely N-dealkylation sites (N-methyl/N-ethyl adjacent to an activating group) is 1. The van der Waals surface area contributed by atoms with Gasteiger partial charge in [0.25, 0.3) is 0 Å². The fourth-order valence-electron chi connectivity index (χ4n) is 3.46. The zero-order valence-electron chi connectivity index (χ0n) is 17.3. The molecule has 0 aliphatic carbocycles. The van der Waals surface area contributed by atoms with E-state index in [1.54, 1.807) is 19.0 Å². The number of hydrogen-bond donors (Lipinski definition) is 1. The predicted octanol–water partition coefficient (Wildman–Crippen LogP) is 3.37. The molecule has 2 aromatic carbocycles. The number of hydrogen-bond acceptors (Lipinski definition) is 2. The molecule has 29 heavy (non-hydrogen) atoms. The molecule has 1 saturated heterocycles. The molecule has 1 aliphatic rings. The molecule has 1 N–H and O–H groups in total. The number of carbonyl (C=O) groups is 1. The van der Waals surface area contributed by atoms with Crippen LogP contribution in [0.25, 0.3) is 0 Å². The summed E-state index contributed by atoms with van der Waals surface area (Å²) in [6, 6.07) is 21.1. The molecule has 1 unspecified atom stereocenters. The number of guanidine groups is 1. The molecule has 0 aromatic heterocycles. The predicted molar refractivity (Wildman–Crippen MR) is 130 cm³/mol. The summed E-state index contributed by atoms with van der Waals surface area (Å²) in [5.41, 5.74) is 2.67. The van der Waals surface area contributed by atoms with Crippen molar-refractivity contribution < 1.29 is 4.79 Å². The highest BCUT2D eigenvalue weighted by Gasteiger charge is 2.26. The minimum Gasteiger partial charge on any atom is -0.356 e. The molecule has 1 fully saturated rings. The fraction of sp³-hybridized carbons (Fsp3) is 0.391. The Balaban J connectivity index is 0.00000300. The van der Waals surface area contributed by atoms with Crippen LogP contribution in [0, 0.1) is 0 Å². The van der Waals surface area contributed by atoms with Crippen LogP contribution in [-0.2, 0) is 11.2 Å². The Bertz CT molecular complexity index is 780. The normalized spacial score (nSPS) is 16.3. The smallest absolute Gasteiger partial charge is 0.243 e. The Labute approximate surface area is 191 Å². The third kappa shape index (κ3) is 7.03. The second-order valence-electron chi connectivity index (χ2n) is 7.43. The standard InChI is InChI=1S/C23H30N4O.HI/c1-26(2)22(28)17-25-23(24-15-13-19-9-5-3-6-10-19)27-16-14-21(18-27)20-11-7-4-8-12-20;/h3-12,21H,13-18H2,1-2H3,(H,24,25);1H. The first-order valence-electron chi connectivity index (χ1n) is 9.96. The molecule has 5 nitrogen and oxygen atoms in total. The number of halogens is 1. The molecular weight excluding hydrogens is 475 g/mol. The second kappa shape index (κ2) is 11.8. The van der Waals surface area contributed by atoms with E-state index in [0.717, 1.165) is 38.4 Å². The highest BCUT2D eigenvalue weighted by molar-refractivity contribution is 14.0. The van der Waals surface area contributed by atoms with E-state index in [1.807, 2.05) is 6.07 Å². The Morgan fingerprint density at radius 3 is 2.41 bits per heavy atom. The van der Waals surface area contributed by atoms with Gasteiger partial charge in [-0.15, -0.1) is 24.0 Å². The van der Waals surface area contributed by atoms with Crippen LogP contribution >= 0.6 is 24.0 Å². The van der Waals surface area contributed by atoms with E-state index in [2.05, 4.69) is 69.8 Å². The number of amides is 1. The topological polar surface area (TPSA) is 47.9 Å². The number of rotatable bonds is 6. The molecule has 1 heterocycles. The van der Waals surface area contributed by atoms with Gasteiger partial charge < -0.3 is 15.1 Å². The van der Waals surface area contributed by atoms with Crippen molar-refractivity contribution >= 4 is 35.8 Å². The molecule has 1 aliphatic heterocycles. The highest BCUT2D eigenvalue weighted by Crippen LogP contribution is 2.26. The van der Waals surface area contributed by atoms with Gasteiger partial charge in [0.2, 0.25) is 5.91 Å². The first-order valence-corrected chi connectivity index (χ1v) is 9.96. The first kappa shape index (κ1) is 23.2. The summed E-state index contributed by atoms with van der Waals surface area (Å²) >= 11 is 0.